The molecule has 2 aliphatic rings. The second-order valence-electron chi connectivity index (χ2n) is 8.75. The molecule has 0 radical (unpaired) electrons. The van der Waals surface area contributed by atoms with Gasteiger partial charge in [0.05, 0.1) is 23.5 Å². The van der Waals surface area contributed by atoms with Crippen molar-refractivity contribution >= 4 is 21.4 Å². The van der Waals surface area contributed by atoms with E-state index in [0.717, 1.165) is 25.7 Å². The Hall–Kier alpha value is -3.14. The van der Waals surface area contributed by atoms with Crippen molar-refractivity contribution in [3.05, 3.63) is 52.6 Å². The number of non-ortho nitro benzene ring substituents is 1. The minimum Gasteiger partial charge on any atom is -0.497 e. The van der Waals surface area contributed by atoms with Gasteiger partial charge in [0.15, 0.2) is 16.4 Å². The Morgan fingerprint density at radius 1 is 1.09 bits per heavy atom. The Morgan fingerprint density at radius 2 is 1.79 bits per heavy atom. The van der Waals surface area contributed by atoms with Crippen LogP contribution >= 0.6 is 0 Å². The smallest absolute Gasteiger partial charge is 0.270 e. The molecule has 1 saturated heterocycles. The number of benzene rings is 2. The van der Waals surface area contributed by atoms with Crippen molar-refractivity contribution in [2.75, 3.05) is 25.2 Å². The number of hydrogen-bond donors (Lipinski definition) is 0. The Kier molecular flexibility index (Phi) is 7.06. The molecule has 2 aromatic rings. The van der Waals surface area contributed by atoms with Crippen LogP contribution in [0.2, 0.25) is 0 Å². The first kappa shape index (κ1) is 24.0. The van der Waals surface area contributed by atoms with Gasteiger partial charge in [0.25, 0.3) is 11.6 Å². The summed E-state index contributed by atoms with van der Waals surface area (Å²) in [5.74, 6) is 0.816. The van der Waals surface area contributed by atoms with Crippen LogP contribution in [0.5, 0.6) is 11.5 Å². The second-order valence-corrected chi connectivity index (χ2v) is 11.0. The molecule has 4 rings (SSSR count). The highest BCUT2D eigenvalue weighted by atomic mass is 32.2. The number of amides is 1. The summed E-state index contributed by atoms with van der Waals surface area (Å²) in [6, 6.07) is 10.9. The van der Waals surface area contributed by atoms with E-state index in [9.17, 15) is 23.3 Å². The average Bonchev–Trinajstić information content (AvgIpc) is 3.47. The van der Waals surface area contributed by atoms with Gasteiger partial charge in [-0.2, -0.15) is 0 Å². The van der Waals surface area contributed by atoms with E-state index in [0.29, 0.717) is 29.0 Å². The van der Waals surface area contributed by atoms with Crippen LogP contribution in [0, 0.1) is 10.1 Å². The quantitative estimate of drug-likeness (QED) is 0.412. The van der Waals surface area contributed by atoms with Gasteiger partial charge in [-0.1, -0.05) is 25.0 Å². The monoisotopic (exact) mass is 488 g/mol. The Labute approximate surface area is 198 Å². The summed E-state index contributed by atoms with van der Waals surface area (Å²) in [6.07, 6.45) is 4.19. The molecule has 34 heavy (non-hydrogen) atoms. The third-order valence-corrected chi connectivity index (χ3v) is 8.28. The highest BCUT2D eigenvalue weighted by Gasteiger charge is 2.39. The van der Waals surface area contributed by atoms with Crippen LogP contribution in [0.4, 0.5) is 5.69 Å². The second kappa shape index (κ2) is 10.0. The molecule has 1 aliphatic heterocycles. The Bertz CT molecular complexity index is 1160. The van der Waals surface area contributed by atoms with Crippen molar-refractivity contribution in [3.8, 4) is 22.6 Å². The van der Waals surface area contributed by atoms with E-state index in [1.807, 2.05) is 0 Å². The van der Waals surface area contributed by atoms with E-state index in [1.165, 1.54) is 18.2 Å². The van der Waals surface area contributed by atoms with Gasteiger partial charge in [-0.15, -0.1) is 0 Å². The summed E-state index contributed by atoms with van der Waals surface area (Å²) in [5, 5.41) is 11.3. The lowest BCUT2D eigenvalue weighted by molar-refractivity contribution is -0.384. The molecule has 2 fully saturated rings. The van der Waals surface area contributed by atoms with E-state index in [4.69, 9.17) is 9.47 Å². The molecular weight excluding hydrogens is 460 g/mol. The number of sulfone groups is 1. The first-order valence-electron chi connectivity index (χ1n) is 11.3. The van der Waals surface area contributed by atoms with Gasteiger partial charge >= 0.3 is 0 Å². The molecule has 1 atom stereocenters. The normalized spacial score (nSPS) is 19.6. The lowest BCUT2D eigenvalue weighted by Crippen LogP contribution is -2.48. The largest absolute Gasteiger partial charge is 0.497 e. The number of rotatable bonds is 8. The minimum atomic E-state index is -3.14. The van der Waals surface area contributed by atoms with Gasteiger partial charge in [0, 0.05) is 29.8 Å². The van der Waals surface area contributed by atoms with Crippen LogP contribution < -0.4 is 9.47 Å². The molecule has 0 unspecified atom stereocenters. The molecule has 1 saturated carbocycles. The highest BCUT2D eigenvalue weighted by Crippen LogP contribution is 2.35. The maximum atomic E-state index is 13.3. The van der Waals surface area contributed by atoms with Crippen LogP contribution in [0.15, 0.2) is 42.5 Å². The van der Waals surface area contributed by atoms with Gasteiger partial charge in [0.2, 0.25) is 0 Å². The van der Waals surface area contributed by atoms with E-state index in [-0.39, 0.29) is 41.8 Å². The zero-order chi connectivity index (χ0) is 24.3. The van der Waals surface area contributed by atoms with Gasteiger partial charge < -0.3 is 14.4 Å². The molecule has 182 valence electrons. The standard InChI is InChI=1S/C24H28N2O7S/c1-32-21-9-6-17(7-10-21)22-14-19(26(28)29)8-11-23(22)33-15-24(27)25(18-4-2-3-5-18)20-12-13-34(30,31)16-20/h6-11,14,18,20H,2-5,12-13,15-16H2,1H3/t20-/m0/s1. The number of hydrogen-bond acceptors (Lipinski definition) is 7. The highest BCUT2D eigenvalue weighted by molar-refractivity contribution is 7.91. The van der Waals surface area contributed by atoms with E-state index in [1.54, 1.807) is 36.3 Å². The molecule has 0 N–H and O–H groups in total. The number of nitro groups is 1. The maximum Gasteiger partial charge on any atom is 0.270 e. The van der Waals surface area contributed by atoms with Gasteiger partial charge in [-0.05, 0) is 43.0 Å². The first-order chi connectivity index (χ1) is 16.3. The number of ether oxygens (including phenoxy) is 2. The van der Waals surface area contributed by atoms with Crippen molar-refractivity contribution < 1.29 is 27.6 Å². The first-order valence-corrected chi connectivity index (χ1v) is 13.2. The van der Waals surface area contributed by atoms with Crippen molar-refractivity contribution in [1.82, 2.24) is 4.90 Å². The third-order valence-electron chi connectivity index (χ3n) is 6.53. The van der Waals surface area contributed by atoms with E-state index < -0.39 is 14.8 Å². The van der Waals surface area contributed by atoms with E-state index in [2.05, 4.69) is 0 Å². The topological polar surface area (TPSA) is 116 Å². The molecule has 0 aromatic heterocycles. The lowest BCUT2D eigenvalue weighted by atomic mass is 10.0. The Morgan fingerprint density at radius 3 is 2.38 bits per heavy atom. The predicted molar refractivity (Wildman–Crippen MR) is 127 cm³/mol. The molecule has 10 heteroatoms. The number of nitro benzene ring substituents is 1. The fourth-order valence-corrected chi connectivity index (χ4v) is 6.56. The van der Waals surface area contributed by atoms with Crippen LogP contribution in [-0.4, -0.2) is 61.5 Å². The zero-order valence-corrected chi connectivity index (χ0v) is 19.8. The number of nitrogens with zero attached hydrogens (tertiary/aromatic N) is 2. The maximum absolute atomic E-state index is 13.3. The fraction of sp³-hybridized carbons (Fsp3) is 0.458. The van der Waals surface area contributed by atoms with Crippen LogP contribution in [-0.2, 0) is 14.6 Å². The van der Waals surface area contributed by atoms with Gasteiger partial charge in [-0.3, -0.25) is 14.9 Å². The molecule has 1 amide bonds. The molecule has 1 aliphatic carbocycles. The lowest BCUT2D eigenvalue weighted by Gasteiger charge is -2.34. The van der Waals surface area contributed by atoms with Crippen molar-refractivity contribution in [3.63, 3.8) is 0 Å². The molecule has 0 spiro atoms. The zero-order valence-electron chi connectivity index (χ0n) is 19.0. The summed E-state index contributed by atoms with van der Waals surface area (Å²) < 4.78 is 35.2. The van der Waals surface area contributed by atoms with Crippen molar-refractivity contribution in [1.29, 1.82) is 0 Å². The summed E-state index contributed by atoms with van der Waals surface area (Å²) in [4.78, 5) is 25.9. The van der Waals surface area contributed by atoms with Crippen LogP contribution in [0.1, 0.15) is 32.1 Å². The molecule has 1 heterocycles. The summed E-state index contributed by atoms with van der Waals surface area (Å²) in [7, 11) is -1.59. The fourth-order valence-electron chi connectivity index (χ4n) is 4.85. The van der Waals surface area contributed by atoms with Gasteiger partial charge in [-0.25, -0.2) is 8.42 Å². The molecular formula is C24H28N2O7S. The number of methoxy groups -OCH3 is 1. The van der Waals surface area contributed by atoms with Crippen LogP contribution in [0.25, 0.3) is 11.1 Å². The summed E-state index contributed by atoms with van der Waals surface area (Å²) in [5.41, 5.74) is 1.08. The molecule has 0 bridgehead atoms. The number of carbonyl (C=O) groups excluding carboxylic acids is 1. The summed E-state index contributed by atoms with van der Waals surface area (Å²) >= 11 is 0. The molecule has 9 nitrogen and oxygen atoms in total. The van der Waals surface area contributed by atoms with Crippen molar-refractivity contribution in [2.45, 2.75) is 44.2 Å². The minimum absolute atomic E-state index is 0.0100. The molecule has 2 aromatic carbocycles. The predicted octanol–water partition coefficient (Wildman–Crippen LogP) is 3.61. The van der Waals surface area contributed by atoms with Crippen LogP contribution in [0.3, 0.4) is 0 Å². The SMILES string of the molecule is COc1ccc(-c2cc([N+](=O)[O-])ccc2OCC(=O)N(C2CCCC2)[C@H]2CCS(=O)(=O)C2)cc1. The van der Waals surface area contributed by atoms with Crippen molar-refractivity contribution in [2.24, 2.45) is 0 Å². The van der Waals surface area contributed by atoms with E-state index >= 15 is 0 Å². The number of carbonyl (C=O) groups is 1. The van der Waals surface area contributed by atoms with Gasteiger partial charge in [0.1, 0.15) is 11.5 Å². The third kappa shape index (κ3) is 5.32. The Balaban J connectivity index is 1.57. The summed E-state index contributed by atoms with van der Waals surface area (Å²) in [6.45, 7) is -0.270. The average molecular weight is 489 g/mol.